The first-order chi connectivity index (χ1) is 11.6. The topological polar surface area (TPSA) is 69.6 Å². The maximum Gasteiger partial charge on any atom is 0.411 e. The van der Waals surface area contributed by atoms with Crippen molar-refractivity contribution in [1.82, 2.24) is 0 Å². The summed E-state index contributed by atoms with van der Waals surface area (Å²) in [7, 11) is 1.55. The number of amides is 2. The van der Waals surface area contributed by atoms with Gasteiger partial charge in [0.25, 0.3) is 5.91 Å². The van der Waals surface area contributed by atoms with E-state index in [1.807, 2.05) is 18.2 Å². The number of nitrogens with one attached hydrogen (secondary N) is 1. The van der Waals surface area contributed by atoms with Gasteiger partial charge in [-0.15, -0.1) is 0 Å². The molecule has 0 saturated heterocycles. The van der Waals surface area contributed by atoms with Crippen LogP contribution in [0.2, 0.25) is 0 Å². The van der Waals surface area contributed by atoms with Gasteiger partial charge < -0.3 is 10.4 Å². The van der Waals surface area contributed by atoms with Crippen molar-refractivity contribution in [2.24, 2.45) is 0 Å². The van der Waals surface area contributed by atoms with Gasteiger partial charge >= 0.3 is 6.09 Å². The molecule has 0 saturated carbocycles. The maximum absolute atomic E-state index is 12.4. The van der Waals surface area contributed by atoms with Gasteiger partial charge in [-0.05, 0) is 61.1 Å². The van der Waals surface area contributed by atoms with Crippen molar-refractivity contribution in [1.29, 1.82) is 0 Å². The standard InChI is InChI=1S/C19H20N2O3/c1-21(19(23)24)17-12-11-16(14-9-5-6-10-15(14)17)20-18(22)13-7-3-2-4-8-13/h2-4,7-8,11-12H,5-6,9-10H2,1H3,(H,20,22)(H,23,24). The summed E-state index contributed by atoms with van der Waals surface area (Å²) in [6.07, 6.45) is 2.77. The van der Waals surface area contributed by atoms with E-state index in [0.29, 0.717) is 11.3 Å². The van der Waals surface area contributed by atoms with Crippen molar-refractivity contribution in [3.8, 4) is 0 Å². The Morgan fingerprint density at radius 1 is 1.00 bits per heavy atom. The molecule has 2 aromatic carbocycles. The van der Waals surface area contributed by atoms with Crippen molar-refractivity contribution in [2.75, 3.05) is 17.3 Å². The quantitative estimate of drug-likeness (QED) is 0.898. The maximum atomic E-state index is 12.4. The van der Waals surface area contributed by atoms with E-state index in [9.17, 15) is 14.7 Å². The molecule has 5 nitrogen and oxygen atoms in total. The van der Waals surface area contributed by atoms with Crippen LogP contribution in [0.15, 0.2) is 42.5 Å². The second-order valence-corrected chi connectivity index (χ2v) is 5.96. The molecule has 5 heteroatoms. The number of anilines is 2. The van der Waals surface area contributed by atoms with Gasteiger partial charge in [-0.2, -0.15) is 0 Å². The van der Waals surface area contributed by atoms with E-state index >= 15 is 0 Å². The molecular weight excluding hydrogens is 304 g/mol. The van der Waals surface area contributed by atoms with Crippen molar-refractivity contribution < 1.29 is 14.7 Å². The lowest BCUT2D eigenvalue weighted by atomic mass is 9.88. The zero-order chi connectivity index (χ0) is 17.1. The molecule has 3 rings (SSSR count). The van der Waals surface area contributed by atoms with Crippen LogP contribution in [0.4, 0.5) is 16.2 Å². The van der Waals surface area contributed by atoms with E-state index in [1.54, 1.807) is 31.3 Å². The Balaban J connectivity index is 1.95. The fourth-order valence-corrected chi connectivity index (χ4v) is 3.17. The summed E-state index contributed by atoms with van der Waals surface area (Å²) in [6, 6.07) is 12.7. The number of hydrogen-bond acceptors (Lipinski definition) is 2. The average Bonchev–Trinajstić information content (AvgIpc) is 2.62. The van der Waals surface area contributed by atoms with Crippen LogP contribution in [0.5, 0.6) is 0 Å². The minimum atomic E-state index is -0.983. The molecule has 0 unspecified atom stereocenters. The van der Waals surface area contributed by atoms with Gasteiger partial charge in [0, 0.05) is 18.3 Å². The molecule has 1 aliphatic carbocycles. The first-order valence-corrected chi connectivity index (χ1v) is 8.05. The van der Waals surface area contributed by atoms with Gasteiger partial charge in [-0.25, -0.2) is 4.79 Å². The summed E-state index contributed by atoms with van der Waals surface area (Å²) in [4.78, 5) is 24.9. The molecule has 2 aromatic rings. The zero-order valence-corrected chi connectivity index (χ0v) is 13.6. The summed E-state index contributed by atoms with van der Waals surface area (Å²) < 4.78 is 0. The Labute approximate surface area is 140 Å². The number of nitrogens with zero attached hydrogens (tertiary/aromatic N) is 1. The van der Waals surface area contributed by atoms with Crippen LogP contribution in [0.1, 0.15) is 34.3 Å². The van der Waals surface area contributed by atoms with E-state index in [4.69, 9.17) is 0 Å². The SMILES string of the molecule is CN(C(=O)O)c1ccc(NC(=O)c2ccccc2)c2c1CCCC2. The van der Waals surface area contributed by atoms with Crippen molar-refractivity contribution in [3.63, 3.8) is 0 Å². The third kappa shape index (κ3) is 3.11. The lowest BCUT2D eigenvalue weighted by molar-refractivity contribution is 0.102. The van der Waals surface area contributed by atoms with Crippen LogP contribution in [-0.2, 0) is 12.8 Å². The van der Waals surface area contributed by atoms with Crippen LogP contribution >= 0.6 is 0 Å². The summed E-state index contributed by atoms with van der Waals surface area (Å²) in [5, 5.41) is 12.2. The minimum absolute atomic E-state index is 0.150. The molecule has 124 valence electrons. The largest absolute Gasteiger partial charge is 0.465 e. The summed E-state index contributed by atoms with van der Waals surface area (Å²) in [6.45, 7) is 0. The Morgan fingerprint density at radius 3 is 2.33 bits per heavy atom. The highest BCUT2D eigenvalue weighted by Gasteiger charge is 2.22. The van der Waals surface area contributed by atoms with Crippen LogP contribution in [0.25, 0.3) is 0 Å². The van der Waals surface area contributed by atoms with Gasteiger partial charge in [0.1, 0.15) is 0 Å². The Hall–Kier alpha value is -2.82. The lowest BCUT2D eigenvalue weighted by Crippen LogP contribution is -2.26. The Morgan fingerprint density at radius 2 is 1.67 bits per heavy atom. The minimum Gasteiger partial charge on any atom is -0.465 e. The monoisotopic (exact) mass is 324 g/mol. The summed E-state index contributed by atoms with van der Waals surface area (Å²) in [5.41, 5.74) is 4.16. The van der Waals surface area contributed by atoms with Crippen molar-refractivity contribution >= 4 is 23.4 Å². The number of benzene rings is 2. The van der Waals surface area contributed by atoms with Crippen molar-refractivity contribution in [2.45, 2.75) is 25.7 Å². The van der Waals surface area contributed by atoms with Gasteiger partial charge in [0.2, 0.25) is 0 Å². The molecule has 24 heavy (non-hydrogen) atoms. The summed E-state index contributed by atoms with van der Waals surface area (Å²) in [5.74, 6) is -0.150. The second-order valence-electron chi connectivity index (χ2n) is 5.96. The van der Waals surface area contributed by atoms with Gasteiger partial charge in [0.05, 0.1) is 5.69 Å². The van der Waals surface area contributed by atoms with Gasteiger partial charge in [-0.1, -0.05) is 18.2 Å². The van der Waals surface area contributed by atoms with Crippen LogP contribution in [0.3, 0.4) is 0 Å². The molecule has 0 heterocycles. The Kier molecular flexibility index (Phi) is 4.51. The zero-order valence-electron chi connectivity index (χ0n) is 13.6. The van der Waals surface area contributed by atoms with Crippen LogP contribution in [-0.4, -0.2) is 24.2 Å². The van der Waals surface area contributed by atoms with E-state index < -0.39 is 6.09 Å². The van der Waals surface area contributed by atoms with Crippen molar-refractivity contribution in [3.05, 3.63) is 59.2 Å². The average molecular weight is 324 g/mol. The molecular formula is C19H20N2O3. The molecule has 0 fully saturated rings. The third-order valence-electron chi connectivity index (χ3n) is 4.44. The second kappa shape index (κ2) is 6.74. The van der Waals surface area contributed by atoms with E-state index in [-0.39, 0.29) is 5.91 Å². The molecule has 0 spiro atoms. The first-order valence-electron chi connectivity index (χ1n) is 8.05. The van der Waals surface area contributed by atoms with Crippen LogP contribution < -0.4 is 10.2 Å². The lowest BCUT2D eigenvalue weighted by Gasteiger charge is -2.26. The number of fused-ring (bicyclic) bond motifs is 1. The Bertz CT molecular complexity index is 772. The molecule has 1 aliphatic rings. The highest BCUT2D eigenvalue weighted by atomic mass is 16.4. The highest BCUT2D eigenvalue weighted by Crippen LogP contribution is 2.35. The fraction of sp³-hybridized carbons (Fsp3) is 0.263. The normalized spacial score (nSPS) is 13.0. The van der Waals surface area contributed by atoms with E-state index in [0.717, 1.165) is 42.5 Å². The third-order valence-corrected chi connectivity index (χ3v) is 4.44. The number of hydrogen-bond donors (Lipinski definition) is 2. The molecule has 0 radical (unpaired) electrons. The smallest absolute Gasteiger partial charge is 0.411 e. The molecule has 2 N–H and O–H groups in total. The highest BCUT2D eigenvalue weighted by molar-refractivity contribution is 6.05. The predicted molar refractivity (Wildman–Crippen MR) is 93.9 cm³/mol. The summed E-state index contributed by atoms with van der Waals surface area (Å²) >= 11 is 0. The molecule has 0 atom stereocenters. The van der Waals surface area contributed by atoms with E-state index in [1.165, 1.54) is 4.90 Å². The first kappa shape index (κ1) is 16.1. The fourth-order valence-electron chi connectivity index (χ4n) is 3.17. The number of carboxylic acid groups (broad SMARTS) is 1. The molecule has 2 amide bonds. The van der Waals surface area contributed by atoms with Gasteiger partial charge in [-0.3, -0.25) is 9.69 Å². The van der Waals surface area contributed by atoms with Crippen LogP contribution in [0, 0.1) is 0 Å². The molecule has 0 aromatic heterocycles. The predicted octanol–water partition coefficient (Wildman–Crippen LogP) is 3.93. The number of rotatable bonds is 3. The molecule has 0 bridgehead atoms. The number of carbonyl (C=O) groups is 2. The van der Waals surface area contributed by atoms with Gasteiger partial charge in [0.15, 0.2) is 0 Å². The molecule has 0 aliphatic heterocycles. The van der Waals surface area contributed by atoms with E-state index in [2.05, 4.69) is 5.32 Å². The number of carbonyl (C=O) groups excluding carboxylic acids is 1.